The van der Waals surface area contributed by atoms with Gasteiger partial charge < -0.3 is 15.4 Å². The second-order valence-electron chi connectivity index (χ2n) is 5.90. The Labute approximate surface area is 142 Å². The molecule has 0 unspecified atom stereocenters. The number of para-hydroxylation sites is 1. The van der Waals surface area contributed by atoms with Crippen molar-refractivity contribution >= 4 is 17.5 Å². The number of benzene rings is 2. The summed E-state index contributed by atoms with van der Waals surface area (Å²) < 4.78 is 4.59. The number of nitrogens with one attached hydrogen (secondary N) is 3. The second kappa shape index (κ2) is 7.84. The fourth-order valence-corrected chi connectivity index (χ4v) is 2.97. The number of ether oxygens (including phenoxy) is 1. The summed E-state index contributed by atoms with van der Waals surface area (Å²) in [6, 6.07) is 16.6. The van der Waals surface area contributed by atoms with Crippen molar-refractivity contribution in [1.82, 2.24) is 5.32 Å². The number of fused-ring (bicyclic) bond motifs is 1. The van der Waals surface area contributed by atoms with Crippen LogP contribution < -0.4 is 16.0 Å². The van der Waals surface area contributed by atoms with Crippen molar-refractivity contribution in [2.45, 2.75) is 25.4 Å². The van der Waals surface area contributed by atoms with Gasteiger partial charge in [0, 0.05) is 30.5 Å². The maximum atomic E-state index is 11.2. The Kier molecular flexibility index (Phi) is 5.33. The lowest BCUT2D eigenvalue weighted by molar-refractivity contribution is 0.187. The van der Waals surface area contributed by atoms with E-state index in [-0.39, 0.29) is 0 Å². The second-order valence-corrected chi connectivity index (χ2v) is 5.90. The van der Waals surface area contributed by atoms with Crippen molar-refractivity contribution in [3.05, 3.63) is 59.7 Å². The van der Waals surface area contributed by atoms with Gasteiger partial charge in [-0.2, -0.15) is 0 Å². The summed E-state index contributed by atoms with van der Waals surface area (Å²) >= 11 is 0. The molecule has 0 fully saturated rings. The lowest BCUT2D eigenvalue weighted by Crippen LogP contribution is -2.20. The number of rotatable bonds is 4. The van der Waals surface area contributed by atoms with Gasteiger partial charge in [-0.3, -0.25) is 5.32 Å². The Balaban J connectivity index is 1.62. The van der Waals surface area contributed by atoms with Crippen LogP contribution in [-0.2, 0) is 11.3 Å². The minimum Gasteiger partial charge on any atom is -0.453 e. The van der Waals surface area contributed by atoms with Gasteiger partial charge in [0.15, 0.2) is 0 Å². The fourth-order valence-electron chi connectivity index (χ4n) is 2.97. The van der Waals surface area contributed by atoms with Gasteiger partial charge in [0.1, 0.15) is 0 Å². The van der Waals surface area contributed by atoms with Crippen LogP contribution in [0.5, 0.6) is 0 Å². The normalized spacial score (nSPS) is 16.5. The molecule has 24 heavy (non-hydrogen) atoms. The van der Waals surface area contributed by atoms with Gasteiger partial charge in [0.05, 0.1) is 7.11 Å². The van der Waals surface area contributed by atoms with E-state index in [1.165, 1.54) is 23.9 Å². The number of methoxy groups -OCH3 is 1. The van der Waals surface area contributed by atoms with Crippen molar-refractivity contribution in [3.63, 3.8) is 0 Å². The third-order valence-corrected chi connectivity index (χ3v) is 4.26. The highest BCUT2D eigenvalue weighted by Gasteiger charge is 2.17. The topological polar surface area (TPSA) is 62.4 Å². The number of anilines is 2. The zero-order valence-electron chi connectivity index (χ0n) is 13.8. The number of carbonyl (C=O) groups is 1. The highest BCUT2D eigenvalue weighted by molar-refractivity contribution is 5.84. The summed E-state index contributed by atoms with van der Waals surface area (Å²) in [5, 5.41) is 9.80. The minimum atomic E-state index is -0.455. The summed E-state index contributed by atoms with van der Waals surface area (Å²) in [4.78, 5) is 11.2. The standard InChI is InChI=1S/C19H23N3O2/c1-24-19(23)22-15-10-8-14(9-11-15)13-21-18-7-4-12-20-17-6-3-2-5-16(17)18/h2-3,5-6,8-11,18,20-21H,4,7,12-13H2,1H3,(H,22,23)/t18-/m1/s1. The predicted molar refractivity (Wildman–Crippen MR) is 96.2 cm³/mol. The molecule has 0 aromatic heterocycles. The highest BCUT2D eigenvalue weighted by atomic mass is 16.5. The smallest absolute Gasteiger partial charge is 0.411 e. The largest absolute Gasteiger partial charge is 0.453 e. The molecule has 1 heterocycles. The van der Waals surface area contributed by atoms with Crippen LogP contribution in [0, 0.1) is 0 Å². The quantitative estimate of drug-likeness (QED) is 0.798. The molecular formula is C19H23N3O2. The number of carbonyl (C=O) groups excluding carboxylic acids is 1. The van der Waals surface area contributed by atoms with E-state index in [9.17, 15) is 4.79 Å². The number of amides is 1. The summed E-state index contributed by atoms with van der Waals surface area (Å²) in [6.45, 7) is 1.81. The number of hydrogen-bond acceptors (Lipinski definition) is 4. The molecule has 126 valence electrons. The molecular weight excluding hydrogens is 302 g/mol. The van der Waals surface area contributed by atoms with Gasteiger partial charge >= 0.3 is 6.09 Å². The molecule has 0 saturated heterocycles. The van der Waals surface area contributed by atoms with Crippen molar-refractivity contribution in [2.75, 3.05) is 24.3 Å². The first kappa shape index (κ1) is 16.3. The third-order valence-electron chi connectivity index (χ3n) is 4.26. The average molecular weight is 325 g/mol. The first-order valence-corrected chi connectivity index (χ1v) is 8.26. The lowest BCUT2D eigenvalue weighted by atomic mass is 10.0. The third kappa shape index (κ3) is 4.06. The van der Waals surface area contributed by atoms with Crippen molar-refractivity contribution < 1.29 is 9.53 Å². The molecule has 1 aliphatic rings. The molecule has 0 spiro atoms. The molecule has 0 radical (unpaired) electrons. The molecule has 5 heteroatoms. The fraction of sp³-hybridized carbons (Fsp3) is 0.316. The van der Waals surface area contributed by atoms with Crippen molar-refractivity contribution in [3.8, 4) is 0 Å². The molecule has 1 aliphatic heterocycles. The molecule has 1 atom stereocenters. The van der Waals surface area contributed by atoms with Gasteiger partial charge in [-0.1, -0.05) is 30.3 Å². The first-order chi connectivity index (χ1) is 11.8. The summed E-state index contributed by atoms with van der Waals surface area (Å²) in [5.41, 5.74) is 4.47. The molecule has 1 amide bonds. The van der Waals surface area contributed by atoms with Crippen molar-refractivity contribution in [1.29, 1.82) is 0 Å². The lowest BCUT2D eigenvalue weighted by Gasteiger charge is -2.19. The molecule has 3 rings (SSSR count). The Hall–Kier alpha value is -2.53. The number of hydrogen-bond donors (Lipinski definition) is 3. The maximum absolute atomic E-state index is 11.2. The highest BCUT2D eigenvalue weighted by Crippen LogP contribution is 2.29. The van der Waals surface area contributed by atoms with E-state index in [0.717, 1.165) is 31.6 Å². The van der Waals surface area contributed by atoms with E-state index < -0.39 is 6.09 Å². The SMILES string of the molecule is COC(=O)Nc1ccc(CN[C@@H]2CCCNc3ccccc32)cc1. The predicted octanol–water partition coefficient (Wildman–Crippen LogP) is 3.90. The van der Waals surface area contributed by atoms with Crippen LogP contribution in [0.2, 0.25) is 0 Å². The Morgan fingerprint density at radius 1 is 1.21 bits per heavy atom. The van der Waals surface area contributed by atoms with E-state index in [1.807, 2.05) is 24.3 Å². The monoisotopic (exact) mass is 325 g/mol. The van der Waals surface area contributed by atoms with Gasteiger partial charge in [-0.05, 0) is 42.2 Å². The van der Waals surface area contributed by atoms with E-state index >= 15 is 0 Å². The minimum absolute atomic E-state index is 0.351. The van der Waals surface area contributed by atoms with Crippen LogP contribution in [0.4, 0.5) is 16.2 Å². The zero-order valence-corrected chi connectivity index (χ0v) is 13.8. The van der Waals surface area contributed by atoms with Crippen LogP contribution in [0.1, 0.15) is 30.0 Å². The van der Waals surface area contributed by atoms with Crippen LogP contribution in [-0.4, -0.2) is 19.7 Å². The zero-order chi connectivity index (χ0) is 16.8. The molecule has 0 saturated carbocycles. The summed E-state index contributed by atoms with van der Waals surface area (Å²) in [5.74, 6) is 0. The molecule has 5 nitrogen and oxygen atoms in total. The Morgan fingerprint density at radius 2 is 2.00 bits per heavy atom. The molecule has 0 aliphatic carbocycles. The average Bonchev–Trinajstić information content (AvgIpc) is 2.83. The van der Waals surface area contributed by atoms with E-state index in [4.69, 9.17) is 0 Å². The summed E-state index contributed by atoms with van der Waals surface area (Å²) in [7, 11) is 1.35. The Morgan fingerprint density at radius 3 is 2.79 bits per heavy atom. The summed E-state index contributed by atoms with van der Waals surface area (Å²) in [6.07, 6.45) is 1.81. The van der Waals surface area contributed by atoms with Gasteiger partial charge in [0.25, 0.3) is 0 Å². The molecule has 0 bridgehead atoms. The van der Waals surface area contributed by atoms with E-state index in [2.05, 4.69) is 45.0 Å². The van der Waals surface area contributed by atoms with Gasteiger partial charge in [-0.15, -0.1) is 0 Å². The van der Waals surface area contributed by atoms with Crippen molar-refractivity contribution in [2.24, 2.45) is 0 Å². The van der Waals surface area contributed by atoms with E-state index in [1.54, 1.807) is 0 Å². The van der Waals surface area contributed by atoms with Crippen LogP contribution in [0.15, 0.2) is 48.5 Å². The Bertz CT molecular complexity index is 685. The molecule has 2 aromatic carbocycles. The van der Waals surface area contributed by atoms with E-state index in [0.29, 0.717) is 6.04 Å². The molecule has 3 N–H and O–H groups in total. The first-order valence-electron chi connectivity index (χ1n) is 8.26. The van der Waals surface area contributed by atoms with Crippen LogP contribution in [0.3, 0.4) is 0 Å². The van der Waals surface area contributed by atoms with Crippen LogP contribution in [0.25, 0.3) is 0 Å². The maximum Gasteiger partial charge on any atom is 0.411 e. The van der Waals surface area contributed by atoms with Crippen LogP contribution >= 0.6 is 0 Å². The molecule has 2 aromatic rings. The van der Waals surface area contributed by atoms with Gasteiger partial charge in [0.2, 0.25) is 0 Å². The van der Waals surface area contributed by atoms with Gasteiger partial charge in [-0.25, -0.2) is 4.79 Å².